The third-order valence-corrected chi connectivity index (χ3v) is 4.10. The van der Waals surface area contributed by atoms with Gasteiger partial charge in [0.05, 0.1) is 0 Å². The molecule has 0 bridgehead atoms. The number of fused-ring (bicyclic) bond motifs is 1. The first-order chi connectivity index (χ1) is 10.3. The SMILES string of the molecule is Cc1ccccc1N(CCCN)c1ncnc2c1CCC2. The first-order valence-corrected chi connectivity index (χ1v) is 7.67. The zero-order valence-corrected chi connectivity index (χ0v) is 12.5. The van der Waals surface area contributed by atoms with E-state index in [-0.39, 0.29) is 0 Å². The minimum absolute atomic E-state index is 0.690. The maximum atomic E-state index is 5.72. The molecule has 0 saturated carbocycles. The van der Waals surface area contributed by atoms with E-state index in [0.29, 0.717) is 6.54 Å². The van der Waals surface area contributed by atoms with Gasteiger partial charge in [0.25, 0.3) is 0 Å². The fraction of sp³-hybridized carbons (Fsp3) is 0.412. The lowest BCUT2D eigenvalue weighted by Crippen LogP contribution is -2.24. The third kappa shape index (κ3) is 2.76. The fourth-order valence-electron chi connectivity index (χ4n) is 3.03. The molecule has 0 amide bonds. The van der Waals surface area contributed by atoms with E-state index in [2.05, 4.69) is 46.1 Å². The van der Waals surface area contributed by atoms with E-state index < -0.39 is 0 Å². The number of aryl methyl sites for hydroxylation is 2. The molecule has 0 atom stereocenters. The fourth-order valence-corrected chi connectivity index (χ4v) is 3.03. The summed E-state index contributed by atoms with van der Waals surface area (Å²) in [7, 11) is 0. The van der Waals surface area contributed by atoms with Crippen molar-refractivity contribution in [3.8, 4) is 0 Å². The van der Waals surface area contributed by atoms with Gasteiger partial charge in [-0.1, -0.05) is 18.2 Å². The number of rotatable bonds is 5. The maximum Gasteiger partial charge on any atom is 0.139 e. The highest BCUT2D eigenvalue weighted by atomic mass is 15.2. The summed E-state index contributed by atoms with van der Waals surface area (Å²) in [6.07, 6.45) is 5.99. The molecule has 0 aliphatic heterocycles. The van der Waals surface area contributed by atoms with Gasteiger partial charge in [-0.15, -0.1) is 0 Å². The normalized spacial score (nSPS) is 13.2. The van der Waals surface area contributed by atoms with E-state index in [9.17, 15) is 0 Å². The number of benzene rings is 1. The van der Waals surface area contributed by atoms with Crippen LogP contribution in [-0.4, -0.2) is 23.1 Å². The molecule has 0 unspecified atom stereocenters. The summed E-state index contributed by atoms with van der Waals surface area (Å²) in [6, 6.07) is 8.46. The largest absolute Gasteiger partial charge is 0.330 e. The summed E-state index contributed by atoms with van der Waals surface area (Å²) in [4.78, 5) is 11.3. The van der Waals surface area contributed by atoms with Crippen molar-refractivity contribution >= 4 is 11.5 Å². The van der Waals surface area contributed by atoms with Crippen LogP contribution in [0.15, 0.2) is 30.6 Å². The van der Waals surface area contributed by atoms with Crippen molar-refractivity contribution in [1.82, 2.24) is 9.97 Å². The Bertz CT molecular complexity index is 624. The molecule has 0 saturated heterocycles. The Morgan fingerprint density at radius 1 is 1.19 bits per heavy atom. The summed E-state index contributed by atoms with van der Waals surface area (Å²) in [5, 5.41) is 0. The molecule has 1 aliphatic carbocycles. The van der Waals surface area contributed by atoms with Crippen molar-refractivity contribution in [3.05, 3.63) is 47.4 Å². The van der Waals surface area contributed by atoms with Gasteiger partial charge in [0.1, 0.15) is 12.1 Å². The molecule has 21 heavy (non-hydrogen) atoms. The minimum Gasteiger partial charge on any atom is -0.330 e. The van der Waals surface area contributed by atoms with E-state index in [4.69, 9.17) is 5.73 Å². The smallest absolute Gasteiger partial charge is 0.139 e. The van der Waals surface area contributed by atoms with Gasteiger partial charge in [-0.05, 0) is 50.8 Å². The van der Waals surface area contributed by atoms with Gasteiger partial charge in [0.2, 0.25) is 0 Å². The number of hydrogen-bond donors (Lipinski definition) is 1. The monoisotopic (exact) mass is 282 g/mol. The van der Waals surface area contributed by atoms with Crippen LogP contribution in [-0.2, 0) is 12.8 Å². The van der Waals surface area contributed by atoms with E-state index in [1.54, 1.807) is 6.33 Å². The van der Waals surface area contributed by atoms with Gasteiger partial charge in [-0.3, -0.25) is 0 Å². The molecule has 1 aromatic heterocycles. The average molecular weight is 282 g/mol. The first-order valence-electron chi connectivity index (χ1n) is 7.67. The summed E-state index contributed by atoms with van der Waals surface area (Å²) in [5.74, 6) is 1.07. The Balaban J connectivity index is 2.04. The average Bonchev–Trinajstić information content (AvgIpc) is 2.98. The number of nitrogens with two attached hydrogens (primary N) is 1. The van der Waals surface area contributed by atoms with Crippen LogP contribution in [0.2, 0.25) is 0 Å². The van der Waals surface area contributed by atoms with E-state index in [0.717, 1.165) is 31.6 Å². The van der Waals surface area contributed by atoms with Gasteiger partial charge >= 0.3 is 0 Å². The number of nitrogens with zero attached hydrogens (tertiary/aromatic N) is 3. The van der Waals surface area contributed by atoms with Crippen LogP contribution in [0, 0.1) is 6.92 Å². The zero-order valence-electron chi connectivity index (χ0n) is 12.5. The molecule has 1 heterocycles. The number of anilines is 2. The third-order valence-electron chi connectivity index (χ3n) is 4.10. The summed E-state index contributed by atoms with van der Waals surface area (Å²) in [5.41, 5.74) is 10.7. The van der Waals surface area contributed by atoms with E-state index >= 15 is 0 Å². The predicted molar refractivity (Wildman–Crippen MR) is 85.9 cm³/mol. The van der Waals surface area contributed by atoms with Crippen LogP contribution in [0.5, 0.6) is 0 Å². The molecule has 110 valence electrons. The second-order valence-electron chi connectivity index (χ2n) is 5.56. The van der Waals surface area contributed by atoms with Crippen molar-refractivity contribution in [2.45, 2.75) is 32.6 Å². The highest BCUT2D eigenvalue weighted by Gasteiger charge is 2.22. The Morgan fingerprint density at radius 3 is 2.86 bits per heavy atom. The molecule has 0 fully saturated rings. The molecular weight excluding hydrogens is 260 g/mol. The van der Waals surface area contributed by atoms with Crippen molar-refractivity contribution in [2.24, 2.45) is 5.73 Å². The second kappa shape index (κ2) is 6.22. The molecule has 2 N–H and O–H groups in total. The van der Waals surface area contributed by atoms with Crippen molar-refractivity contribution in [2.75, 3.05) is 18.0 Å². The van der Waals surface area contributed by atoms with Crippen LogP contribution in [0.4, 0.5) is 11.5 Å². The standard InChI is InChI=1S/C17H22N4/c1-13-6-2-3-9-16(13)21(11-5-10-18)17-14-7-4-8-15(14)19-12-20-17/h2-3,6,9,12H,4-5,7-8,10-11,18H2,1H3. The van der Waals surface area contributed by atoms with Crippen LogP contribution < -0.4 is 10.6 Å². The van der Waals surface area contributed by atoms with Crippen LogP contribution in [0.1, 0.15) is 29.7 Å². The lowest BCUT2D eigenvalue weighted by atomic mass is 10.1. The second-order valence-corrected chi connectivity index (χ2v) is 5.56. The van der Waals surface area contributed by atoms with Gasteiger partial charge < -0.3 is 10.6 Å². The highest BCUT2D eigenvalue weighted by Crippen LogP contribution is 2.33. The predicted octanol–water partition coefficient (Wildman–Crippen LogP) is 2.76. The molecule has 0 radical (unpaired) electrons. The van der Waals surface area contributed by atoms with Gasteiger partial charge in [-0.2, -0.15) is 0 Å². The molecule has 4 heteroatoms. The first kappa shape index (κ1) is 14.0. The summed E-state index contributed by atoms with van der Waals surface area (Å²) in [6.45, 7) is 3.73. The Kier molecular flexibility index (Phi) is 4.15. The molecule has 2 aromatic rings. The molecule has 1 aliphatic rings. The topological polar surface area (TPSA) is 55.0 Å². The lowest BCUT2D eigenvalue weighted by Gasteiger charge is -2.27. The number of para-hydroxylation sites is 1. The minimum atomic E-state index is 0.690. The summed E-state index contributed by atoms with van der Waals surface area (Å²) >= 11 is 0. The van der Waals surface area contributed by atoms with Crippen LogP contribution >= 0.6 is 0 Å². The van der Waals surface area contributed by atoms with Crippen molar-refractivity contribution in [3.63, 3.8) is 0 Å². The molecule has 4 nitrogen and oxygen atoms in total. The van der Waals surface area contributed by atoms with Crippen LogP contribution in [0.25, 0.3) is 0 Å². The highest BCUT2D eigenvalue weighted by molar-refractivity contribution is 5.66. The van der Waals surface area contributed by atoms with E-state index in [1.165, 1.54) is 28.9 Å². The Morgan fingerprint density at radius 2 is 2.05 bits per heavy atom. The molecule has 1 aromatic carbocycles. The number of aromatic nitrogens is 2. The molecule has 0 spiro atoms. The number of hydrogen-bond acceptors (Lipinski definition) is 4. The van der Waals surface area contributed by atoms with Gasteiger partial charge in [0, 0.05) is 23.5 Å². The lowest BCUT2D eigenvalue weighted by molar-refractivity contribution is 0.801. The quantitative estimate of drug-likeness (QED) is 0.916. The maximum absolute atomic E-state index is 5.72. The molecular formula is C17H22N4. The molecule has 3 rings (SSSR count). The van der Waals surface area contributed by atoms with Gasteiger partial charge in [-0.25, -0.2) is 9.97 Å². The van der Waals surface area contributed by atoms with Crippen LogP contribution in [0.3, 0.4) is 0 Å². The van der Waals surface area contributed by atoms with Crippen molar-refractivity contribution < 1.29 is 0 Å². The van der Waals surface area contributed by atoms with E-state index in [1.807, 2.05) is 0 Å². The Hall–Kier alpha value is -1.94. The summed E-state index contributed by atoms with van der Waals surface area (Å²) < 4.78 is 0. The van der Waals surface area contributed by atoms with Crippen molar-refractivity contribution in [1.29, 1.82) is 0 Å². The zero-order chi connectivity index (χ0) is 14.7. The van der Waals surface area contributed by atoms with Gasteiger partial charge in [0.15, 0.2) is 0 Å². The Labute approximate surface area is 126 Å².